The predicted octanol–water partition coefficient (Wildman–Crippen LogP) is 4.40. The number of benzene rings is 2. The normalized spacial score (nSPS) is 11.1. The smallest absolute Gasteiger partial charge is 0.264 e. The van der Waals surface area contributed by atoms with Gasteiger partial charge in [0.1, 0.15) is 5.75 Å². The van der Waals surface area contributed by atoms with Gasteiger partial charge in [0.15, 0.2) is 0 Å². The molecule has 0 aromatic heterocycles. The third-order valence-corrected chi connectivity index (χ3v) is 6.04. The molecule has 0 aliphatic rings. The predicted molar refractivity (Wildman–Crippen MR) is 101 cm³/mol. The first kappa shape index (κ1) is 18.5. The number of para-hydroxylation sites is 1. The fraction of sp³-hybridized carbons (Fsp3) is 0.222. The van der Waals surface area contributed by atoms with Gasteiger partial charge in [0.05, 0.1) is 28.7 Å². The van der Waals surface area contributed by atoms with Gasteiger partial charge in [-0.05, 0) is 52.2 Å². The minimum Gasteiger partial charge on any atom is -0.496 e. The average molecular weight is 410 g/mol. The van der Waals surface area contributed by atoms with Gasteiger partial charge in [-0.15, -0.1) is 6.58 Å². The molecule has 2 aromatic rings. The number of sulfonamides is 1. The van der Waals surface area contributed by atoms with Crippen molar-refractivity contribution >= 4 is 31.6 Å². The van der Waals surface area contributed by atoms with Gasteiger partial charge in [-0.25, -0.2) is 8.42 Å². The molecule has 0 aliphatic heterocycles. The zero-order valence-electron chi connectivity index (χ0n) is 13.7. The molecule has 0 fully saturated rings. The molecule has 0 unspecified atom stereocenters. The van der Waals surface area contributed by atoms with E-state index in [1.54, 1.807) is 24.3 Å². The van der Waals surface area contributed by atoms with Gasteiger partial charge < -0.3 is 4.74 Å². The first-order chi connectivity index (χ1) is 11.5. The summed E-state index contributed by atoms with van der Waals surface area (Å²) in [5.41, 5.74) is 1.64. The highest BCUT2D eigenvalue weighted by Crippen LogP contribution is 2.32. The van der Waals surface area contributed by atoms with E-state index in [-0.39, 0.29) is 11.4 Å². The highest BCUT2D eigenvalue weighted by Gasteiger charge is 2.26. The number of aryl methyl sites for hydroxylation is 1. The van der Waals surface area contributed by atoms with E-state index in [0.717, 1.165) is 12.0 Å². The summed E-state index contributed by atoms with van der Waals surface area (Å²) in [6.45, 7) is 5.90. The van der Waals surface area contributed by atoms with Crippen LogP contribution < -0.4 is 9.04 Å². The summed E-state index contributed by atoms with van der Waals surface area (Å²) >= 11 is 3.34. The third kappa shape index (κ3) is 3.65. The molecule has 0 radical (unpaired) electrons. The molecule has 4 nitrogen and oxygen atoms in total. The Morgan fingerprint density at radius 3 is 2.54 bits per heavy atom. The molecule has 6 heteroatoms. The molecule has 0 aliphatic carbocycles. The van der Waals surface area contributed by atoms with Gasteiger partial charge >= 0.3 is 0 Å². The molecule has 0 saturated heterocycles. The van der Waals surface area contributed by atoms with Gasteiger partial charge in [-0.1, -0.05) is 31.2 Å². The van der Waals surface area contributed by atoms with E-state index in [4.69, 9.17) is 4.74 Å². The van der Waals surface area contributed by atoms with Gasteiger partial charge in [0.2, 0.25) is 0 Å². The van der Waals surface area contributed by atoms with Crippen LogP contribution in [0.15, 0.2) is 64.5 Å². The van der Waals surface area contributed by atoms with E-state index >= 15 is 0 Å². The van der Waals surface area contributed by atoms with Crippen LogP contribution in [0, 0.1) is 0 Å². The van der Waals surface area contributed by atoms with Crippen LogP contribution >= 0.6 is 15.9 Å². The van der Waals surface area contributed by atoms with Crippen LogP contribution in [0.5, 0.6) is 5.75 Å². The Morgan fingerprint density at radius 2 is 1.96 bits per heavy atom. The van der Waals surface area contributed by atoms with Crippen LogP contribution in [0.3, 0.4) is 0 Å². The molecule has 0 N–H and O–H groups in total. The van der Waals surface area contributed by atoms with Crippen molar-refractivity contribution in [2.24, 2.45) is 0 Å². The molecule has 0 saturated carbocycles. The molecule has 128 valence electrons. The number of nitrogens with zero attached hydrogens (tertiary/aromatic N) is 1. The summed E-state index contributed by atoms with van der Waals surface area (Å²) in [6, 6.07) is 12.2. The summed E-state index contributed by atoms with van der Waals surface area (Å²) in [4.78, 5) is 0.197. The monoisotopic (exact) mass is 409 g/mol. The fourth-order valence-electron chi connectivity index (χ4n) is 2.43. The number of hydrogen-bond donors (Lipinski definition) is 0. The number of anilines is 1. The van der Waals surface area contributed by atoms with Crippen LogP contribution in [-0.4, -0.2) is 22.1 Å². The zero-order chi connectivity index (χ0) is 17.7. The average Bonchev–Trinajstić information content (AvgIpc) is 2.59. The molecule has 0 spiro atoms. The summed E-state index contributed by atoms with van der Waals surface area (Å²) in [6.07, 6.45) is 2.33. The maximum atomic E-state index is 13.2. The van der Waals surface area contributed by atoms with E-state index in [0.29, 0.717) is 15.9 Å². The lowest BCUT2D eigenvalue weighted by Gasteiger charge is -2.25. The second-order valence-electron chi connectivity index (χ2n) is 5.10. The van der Waals surface area contributed by atoms with Crippen LogP contribution in [0.4, 0.5) is 5.69 Å². The zero-order valence-corrected chi connectivity index (χ0v) is 16.1. The highest BCUT2D eigenvalue weighted by molar-refractivity contribution is 9.10. The van der Waals surface area contributed by atoms with Crippen molar-refractivity contribution in [2.45, 2.75) is 18.2 Å². The molecule has 2 aromatic carbocycles. The van der Waals surface area contributed by atoms with Crippen molar-refractivity contribution < 1.29 is 13.2 Å². The Kier molecular flexibility index (Phi) is 6.07. The van der Waals surface area contributed by atoms with Crippen molar-refractivity contribution in [3.8, 4) is 5.75 Å². The second-order valence-corrected chi connectivity index (χ2v) is 7.82. The Labute approximate surface area is 151 Å². The largest absolute Gasteiger partial charge is 0.496 e. The van der Waals surface area contributed by atoms with Gasteiger partial charge in [-0.3, -0.25) is 4.31 Å². The molecule has 0 bridgehead atoms. The number of methoxy groups -OCH3 is 1. The Bertz CT molecular complexity index is 834. The minimum absolute atomic E-state index is 0.197. The van der Waals surface area contributed by atoms with Gasteiger partial charge in [0, 0.05) is 0 Å². The van der Waals surface area contributed by atoms with Crippen LogP contribution in [0.1, 0.15) is 12.5 Å². The topological polar surface area (TPSA) is 46.6 Å². The van der Waals surface area contributed by atoms with E-state index in [2.05, 4.69) is 22.5 Å². The van der Waals surface area contributed by atoms with E-state index < -0.39 is 10.0 Å². The van der Waals surface area contributed by atoms with E-state index in [1.165, 1.54) is 11.4 Å². The van der Waals surface area contributed by atoms with Crippen molar-refractivity contribution in [1.82, 2.24) is 0 Å². The summed E-state index contributed by atoms with van der Waals surface area (Å²) in [5.74, 6) is 0.582. The summed E-state index contributed by atoms with van der Waals surface area (Å²) < 4.78 is 33.5. The standard InChI is InChI=1S/C18H20BrNO3S/c1-4-12-20(17-9-7-6-8-14(17)5-2)24(21,22)15-10-11-18(23-3)16(19)13-15/h4,6-11,13H,1,5,12H2,2-3H3. The first-order valence-corrected chi connectivity index (χ1v) is 9.74. The lowest BCUT2D eigenvalue weighted by Crippen LogP contribution is -2.32. The number of rotatable bonds is 7. The third-order valence-electron chi connectivity index (χ3n) is 3.65. The highest BCUT2D eigenvalue weighted by atomic mass is 79.9. The Morgan fingerprint density at radius 1 is 1.25 bits per heavy atom. The van der Waals surface area contributed by atoms with Crippen molar-refractivity contribution in [3.63, 3.8) is 0 Å². The SMILES string of the molecule is C=CCN(c1ccccc1CC)S(=O)(=O)c1ccc(OC)c(Br)c1. The molecule has 2 rings (SSSR count). The van der Waals surface area contributed by atoms with Crippen LogP contribution in [0.2, 0.25) is 0 Å². The number of ether oxygens (including phenoxy) is 1. The number of hydrogen-bond acceptors (Lipinski definition) is 3. The maximum absolute atomic E-state index is 13.2. The molecule has 0 atom stereocenters. The van der Waals surface area contributed by atoms with Crippen LogP contribution in [0.25, 0.3) is 0 Å². The van der Waals surface area contributed by atoms with Crippen molar-refractivity contribution in [1.29, 1.82) is 0 Å². The maximum Gasteiger partial charge on any atom is 0.264 e. The lowest BCUT2D eigenvalue weighted by molar-refractivity contribution is 0.411. The van der Waals surface area contributed by atoms with E-state index in [1.807, 2.05) is 31.2 Å². The molecular formula is C18H20BrNO3S. The quantitative estimate of drug-likeness (QED) is 0.636. The van der Waals surface area contributed by atoms with Gasteiger partial charge in [-0.2, -0.15) is 0 Å². The minimum atomic E-state index is -3.72. The molecule has 0 amide bonds. The first-order valence-electron chi connectivity index (χ1n) is 7.50. The summed E-state index contributed by atoms with van der Waals surface area (Å²) in [7, 11) is -2.18. The lowest BCUT2D eigenvalue weighted by atomic mass is 10.1. The Balaban J connectivity index is 2.57. The van der Waals surface area contributed by atoms with Crippen molar-refractivity contribution in [2.75, 3.05) is 18.0 Å². The summed E-state index contributed by atoms with van der Waals surface area (Å²) in [5, 5.41) is 0. The molecule has 24 heavy (non-hydrogen) atoms. The molecular weight excluding hydrogens is 390 g/mol. The van der Waals surface area contributed by atoms with Crippen LogP contribution in [-0.2, 0) is 16.4 Å². The van der Waals surface area contributed by atoms with Crippen molar-refractivity contribution in [3.05, 3.63) is 65.2 Å². The fourth-order valence-corrected chi connectivity index (χ4v) is 4.62. The Hall–Kier alpha value is -1.79. The van der Waals surface area contributed by atoms with E-state index in [9.17, 15) is 8.42 Å². The number of halogens is 1. The molecule has 0 heterocycles. The second kappa shape index (κ2) is 7.85. The van der Waals surface area contributed by atoms with Gasteiger partial charge in [0.25, 0.3) is 10.0 Å².